The Labute approximate surface area is 119 Å². The van der Waals surface area contributed by atoms with Crippen molar-refractivity contribution in [3.05, 3.63) is 28.0 Å². The van der Waals surface area contributed by atoms with Crippen LogP contribution in [0.3, 0.4) is 0 Å². The number of pyridine rings is 1. The zero-order valence-electron chi connectivity index (χ0n) is 10.9. The van der Waals surface area contributed by atoms with E-state index in [1.165, 1.54) is 12.8 Å². The number of nitrogens with zero attached hydrogens (tertiary/aromatic N) is 3. The highest BCUT2D eigenvalue weighted by Crippen LogP contribution is 2.21. The van der Waals surface area contributed by atoms with E-state index >= 15 is 0 Å². The third-order valence-corrected chi connectivity index (χ3v) is 4.02. The van der Waals surface area contributed by atoms with E-state index < -0.39 is 0 Å². The van der Waals surface area contributed by atoms with Crippen molar-refractivity contribution in [3.8, 4) is 0 Å². The summed E-state index contributed by atoms with van der Waals surface area (Å²) < 4.78 is 0. The maximum absolute atomic E-state index is 6.16. The molecule has 1 aliphatic heterocycles. The minimum absolute atomic E-state index is 0.510. The van der Waals surface area contributed by atoms with Gasteiger partial charge in [-0.1, -0.05) is 23.2 Å². The number of likely N-dealkylation sites (N-methyl/N-ethyl adjacent to an activating group) is 1. The average Bonchev–Trinajstić information content (AvgIpc) is 2.34. The molecule has 1 aromatic rings. The molecule has 0 spiro atoms. The molecule has 18 heavy (non-hydrogen) atoms. The van der Waals surface area contributed by atoms with Gasteiger partial charge < -0.3 is 4.90 Å². The van der Waals surface area contributed by atoms with Crippen LogP contribution in [0, 0.1) is 0 Å². The van der Waals surface area contributed by atoms with Crippen LogP contribution in [-0.2, 0) is 6.54 Å². The van der Waals surface area contributed by atoms with Crippen LogP contribution in [0.4, 0.5) is 0 Å². The Kier molecular flexibility index (Phi) is 4.84. The second kappa shape index (κ2) is 6.20. The standard InChI is InChI=1S/C13H19Cl2N3/c1-17(2)10-4-3-7-18(8-10)9-12-11(14)5-6-13(15)16-12/h5-6,10H,3-4,7-9H2,1-2H3. The molecular formula is C13H19Cl2N3. The molecule has 0 amide bonds. The van der Waals surface area contributed by atoms with E-state index in [4.69, 9.17) is 23.2 Å². The summed E-state index contributed by atoms with van der Waals surface area (Å²) in [6, 6.07) is 4.17. The first kappa shape index (κ1) is 14.1. The largest absolute Gasteiger partial charge is 0.305 e. The summed E-state index contributed by atoms with van der Waals surface area (Å²) in [5.41, 5.74) is 0.878. The van der Waals surface area contributed by atoms with Gasteiger partial charge in [0.2, 0.25) is 0 Å². The molecule has 0 aromatic carbocycles. The fourth-order valence-corrected chi connectivity index (χ4v) is 2.71. The van der Waals surface area contributed by atoms with E-state index in [0.29, 0.717) is 16.2 Å². The van der Waals surface area contributed by atoms with Crippen LogP contribution in [0.2, 0.25) is 10.2 Å². The van der Waals surface area contributed by atoms with Gasteiger partial charge in [0, 0.05) is 19.1 Å². The number of likely N-dealkylation sites (tertiary alicyclic amines) is 1. The van der Waals surface area contributed by atoms with Gasteiger partial charge in [-0.15, -0.1) is 0 Å². The van der Waals surface area contributed by atoms with Crippen molar-refractivity contribution < 1.29 is 0 Å². The van der Waals surface area contributed by atoms with Gasteiger partial charge in [0.15, 0.2) is 0 Å². The van der Waals surface area contributed by atoms with Crippen molar-refractivity contribution in [1.82, 2.24) is 14.8 Å². The zero-order chi connectivity index (χ0) is 13.1. The van der Waals surface area contributed by atoms with Gasteiger partial charge >= 0.3 is 0 Å². The van der Waals surface area contributed by atoms with Gasteiger partial charge in [0.05, 0.1) is 10.7 Å². The van der Waals surface area contributed by atoms with E-state index in [1.807, 2.05) is 6.07 Å². The molecule has 3 nitrogen and oxygen atoms in total. The molecule has 0 radical (unpaired) electrons. The molecule has 1 saturated heterocycles. The Balaban J connectivity index is 2.02. The molecule has 5 heteroatoms. The number of hydrogen-bond donors (Lipinski definition) is 0. The minimum atomic E-state index is 0.510. The topological polar surface area (TPSA) is 19.4 Å². The lowest BCUT2D eigenvalue weighted by Crippen LogP contribution is -2.44. The molecule has 0 bridgehead atoms. The van der Waals surface area contributed by atoms with E-state index in [-0.39, 0.29) is 0 Å². The first-order valence-corrected chi connectivity index (χ1v) is 7.01. The average molecular weight is 288 g/mol. The smallest absolute Gasteiger partial charge is 0.129 e. The van der Waals surface area contributed by atoms with Crippen LogP contribution in [0.25, 0.3) is 0 Å². The Bertz CT molecular complexity index is 409. The lowest BCUT2D eigenvalue weighted by molar-refractivity contribution is 0.127. The van der Waals surface area contributed by atoms with Crippen LogP contribution < -0.4 is 0 Å². The van der Waals surface area contributed by atoms with Gasteiger partial charge in [0.25, 0.3) is 0 Å². The third kappa shape index (κ3) is 3.58. The summed E-state index contributed by atoms with van der Waals surface area (Å²) in [5.74, 6) is 0. The fourth-order valence-electron chi connectivity index (χ4n) is 2.38. The predicted octanol–water partition coefficient (Wildman–Crippen LogP) is 2.91. The van der Waals surface area contributed by atoms with Gasteiger partial charge in [-0.3, -0.25) is 4.90 Å². The Morgan fingerprint density at radius 3 is 2.89 bits per heavy atom. The molecule has 1 atom stereocenters. The number of hydrogen-bond acceptors (Lipinski definition) is 3. The molecule has 1 unspecified atom stereocenters. The van der Waals surface area contributed by atoms with Crippen molar-refractivity contribution >= 4 is 23.2 Å². The van der Waals surface area contributed by atoms with Crippen molar-refractivity contribution in [2.75, 3.05) is 27.2 Å². The first-order chi connectivity index (χ1) is 8.56. The quantitative estimate of drug-likeness (QED) is 0.797. The van der Waals surface area contributed by atoms with Crippen LogP contribution in [-0.4, -0.2) is 48.0 Å². The second-order valence-electron chi connectivity index (χ2n) is 5.06. The highest BCUT2D eigenvalue weighted by atomic mass is 35.5. The fraction of sp³-hybridized carbons (Fsp3) is 0.615. The zero-order valence-corrected chi connectivity index (χ0v) is 12.4. The summed E-state index contributed by atoms with van der Waals surface area (Å²) in [6.45, 7) is 2.95. The minimum Gasteiger partial charge on any atom is -0.305 e. The molecule has 1 fully saturated rings. The van der Waals surface area contributed by atoms with Gasteiger partial charge in [-0.2, -0.15) is 0 Å². The SMILES string of the molecule is CN(C)C1CCCN(Cc2nc(Cl)ccc2Cl)C1. The molecule has 2 heterocycles. The van der Waals surface area contributed by atoms with E-state index in [9.17, 15) is 0 Å². The van der Waals surface area contributed by atoms with Gasteiger partial charge in [-0.05, 0) is 45.6 Å². The molecule has 100 valence electrons. The summed E-state index contributed by atoms with van der Waals surface area (Å²) in [5, 5.41) is 1.21. The van der Waals surface area contributed by atoms with Crippen LogP contribution in [0.15, 0.2) is 12.1 Å². The third-order valence-electron chi connectivity index (χ3n) is 3.47. The Morgan fingerprint density at radius 1 is 1.39 bits per heavy atom. The highest BCUT2D eigenvalue weighted by Gasteiger charge is 2.22. The number of halogens is 2. The molecule has 0 saturated carbocycles. The maximum Gasteiger partial charge on any atom is 0.129 e. The number of aromatic nitrogens is 1. The summed E-state index contributed by atoms with van der Waals surface area (Å²) in [7, 11) is 4.28. The molecular weight excluding hydrogens is 269 g/mol. The Morgan fingerprint density at radius 2 is 2.17 bits per heavy atom. The monoisotopic (exact) mass is 287 g/mol. The van der Waals surface area contributed by atoms with Crippen molar-refractivity contribution in [3.63, 3.8) is 0 Å². The second-order valence-corrected chi connectivity index (χ2v) is 5.85. The molecule has 0 N–H and O–H groups in total. The van der Waals surface area contributed by atoms with Crippen molar-refractivity contribution in [2.24, 2.45) is 0 Å². The van der Waals surface area contributed by atoms with Crippen LogP contribution in [0.5, 0.6) is 0 Å². The molecule has 2 rings (SSSR count). The lowest BCUT2D eigenvalue weighted by Gasteiger charge is -2.36. The highest BCUT2D eigenvalue weighted by molar-refractivity contribution is 6.32. The summed E-state index contributed by atoms with van der Waals surface area (Å²) in [6.07, 6.45) is 2.49. The van der Waals surface area contributed by atoms with Gasteiger partial charge in [0.1, 0.15) is 5.15 Å². The maximum atomic E-state index is 6.16. The lowest BCUT2D eigenvalue weighted by atomic mass is 10.0. The molecule has 1 aromatic heterocycles. The van der Waals surface area contributed by atoms with E-state index in [1.54, 1.807) is 6.07 Å². The normalized spacial score (nSPS) is 21.5. The van der Waals surface area contributed by atoms with Gasteiger partial charge in [-0.25, -0.2) is 4.98 Å². The van der Waals surface area contributed by atoms with E-state index in [0.717, 1.165) is 25.3 Å². The van der Waals surface area contributed by atoms with Crippen LogP contribution >= 0.6 is 23.2 Å². The number of piperidine rings is 1. The number of rotatable bonds is 3. The predicted molar refractivity (Wildman–Crippen MR) is 76.2 cm³/mol. The van der Waals surface area contributed by atoms with Crippen molar-refractivity contribution in [1.29, 1.82) is 0 Å². The van der Waals surface area contributed by atoms with Crippen LogP contribution in [0.1, 0.15) is 18.5 Å². The van der Waals surface area contributed by atoms with E-state index in [2.05, 4.69) is 28.9 Å². The molecule has 1 aliphatic rings. The van der Waals surface area contributed by atoms with Crippen molar-refractivity contribution in [2.45, 2.75) is 25.4 Å². The summed E-state index contributed by atoms with van der Waals surface area (Å²) >= 11 is 12.1. The first-order valence-electron chi connectivity index (χ1n) is 6.26. The molecule has 0 aliphatic carbocycles. The summed E-state index contributed by atoms with van der Waals surface area (Å²) in [4.78, 5) is 9.01. The Hall–Kier alpha value is -0.350.